The summed E-state index contributed by atoms with van der Waals surface area (Å²) < 4.78 is 4.92. The number of rotatable bonds is 2. The zero-order valence-electron chi connectivity index (χ0n) is 6.83. The van der Waals surface area contributed by atoms with Gasteiger partial charge in [-0.2, -0.15) is 0 Å². The van der Waals surface area contributed by atoms with E-state index >= 15 is 0 Å². The molecule has 1 aliphatic carbocycles. The van der Waals surface area contributed by atoms with Crippen LogP contribution in [0.15, 0.2) is 0 Å². The van der Waals surface area contributed by atoms with Crippen LogP contribution in [0.5, 0.6) is 0 Å². The lowest BCUT2D eigenvalue weighted by molar-refractivity contribution is -0.147. The molecular formula is C9H12O2. The highest BCUT2D eigenvalue weighted by Gasteiger charge is 2.40. The molecule has 2 nitrogen and oxygen atoms in total. The van der Waals surface area contributed by atoms with Gasteiger partial charge in [-0.3, -0.25) is 4.79 Å². The quantitative estimate of drug-likeness (QED) is 0.439. The lowest BCUT2D eigenvalue weighted by Gasteiger charge is -2.05. The molecule has 3 atom stereocenters. The molecule has 0 spiro atoms. The molecule has 1 rings (SSSR count). The first-order chi connectivity index (χ1) is 5.15. The van der Waals surface area contributed by atoms with Crippen LogP contribution < -0.4 is 0 Å². The average Bonchev–Trinajstić information content (AvgIpc) is 2.66. The van der Waals surface area contributed by atoms with Crippen molar-refractivity contribution in [1.82, 2.24) is 0 Å². The van der Waals surface area contributed by atoms with Gasteiger partial charge in [-0.25, -0.2) is 0 Å². The Morgan fingerprint density at radius 2 is 2.36 bits per heavy atom. The van der Waals surface area contributed by atoms with E-state index in [1.54, 1.807) is 6.92 Å². The van der Waals surface area contributed by atoms with Gasteiger partial charge in [-0.05, 0) is 19.3 Å². The normalized spacial score (nSPS) is 30.3. The van der Waals surface area contributed by atoms with E-state index in [4.69, 9.17) is 11.2 Å². The van der Waals surface area contributed by atoms with E-state index in [0.29, 0.717) is 5.92 Å². The molecule has 1 fully saturated rings. The van der Waals surface area contributed by atoms with Gasteiger partial charge in [0.1, 0.15) is 0 Å². The molecule has 0 radical (unpaired) electrons. The molecule has 1 unspecified atom stereocenters. The Morgan fingerprint density at radius 3 is 2.73 bits per heavy atom. The van der Waals surface area contributed by atoms with Gasteiger partial charge in [0.15, 0.2) is 6.10 Å². The molecule has 11 heavy (non-hydrogen) atoms. The minimum atomic E-state index is -0.379. The van der Waals surface area contributed by atoms with Crippen molar-refractivity contribution >= 4 is 5.97 Å². The van der Waals surface area contributed by atoms with Crippen LogP contribution in [0.3, 0.4) is 0 Å². The molecule has 0 heterocycles. The Balaban J connectivity index is 2.28. The number of hydrogen-bond donors (Lipinski definition) is 0. The first kappa shape index (κ1) is 8.13. The highest BCUT2D eigenvalue weighted by molar-refractivity contribution is 5.75. The fourth-order valence-corrected chi connectivity index (χ4v) is 0.946. The summed E-state index contributed by atoms with van der Waals surface area (Å²) in [5, 5.41) is 0. The lowest BCUT2D eigenvalue weighted by atomic mass is 10.3. The van der Waals surface area contributed by atoms with E-state index in [1.165, 1.54) is 0 Å². The van der Waals surface area contributed by atoms with Crippen LogP contribution in [0, 0.1) is 24.2 Å². The molecule has 1 saturated carbocycles. The second-order valence-corrected chi connectivity index (χ2v) is 3.07. The summed E-state index contributed by atoms with van der Waals surface area (Å²) >= 11 is 0. The summed E-state index contributed by atoms with van der Waals surface area (Å²) in [5.74, 6) is 2.82. The minimum Gasteiger partial charge on any atom is -0.449 e. The molecule has 0 aliphatic heterocycles. The Morgan fingerprint density at radius 1 is 1.82 bits per heavy atom. The first-order valence-electron chi connectivity index (χ1n) is 3.81. The number of carbonyl (C=O) groups is 1. The van der Waals surface area contributed by atoms with E-state index in [-0.39, 0.29) is 18.0 Å². The molecule has 0 aromatic heterocycles. The van der Waals surface area contributed by atoms with E-state index in [2.05, 4.69) is 5.92 Å². The van der Waals surface area contributed by atoms with Gasteiger partial charge < -0.3 is 4.74 Å². The van der Waals surface area contributed by atoms with Crippen LogP contribution in [0.4, 0.5) is 0 Å². The van der Waals surface area contributed by atoms with Gasteiger partial charge in [0, 0.05) is 0 Å². The van der Waals surface area contributed by atoms with Gasteiger partial charge in [-0.15, -0.1) is 6.42 Å². The van der Waals surface area contributed by atoms with Crippen LogP contribution in [-0.4, -0.2) is 12.1 Å². The second kappa shape index (κ2) is 2.96. The molecular weight excluding hydrogens is 140 g/mol. The second-order valence-electron chi connectivity index (χ2n) is 3.07. The molecule has 2 heteroatoms. The van der Waals surface area contributed by atoms with Crippen LogP contribution in [-0.2, 0) is 9.53 Å². The Hall–Kier alpha value is -0.970. The monoisotopic (exact) mass is 152 g/mol. The van der Waals surface area contributed by atoms with Crippen molar-refractivity contribution in [2.24, 2.45) is 11.8 Å². The van der Waals surface area contributed by atoms with E-state index in [1.807, 2.05) is 6.92 Å². The zero-order chi connectivity index (χ0) is 8.43. The third kappa shape index (κ3) is 1.98. The maximum atomic E-state index is 11.1. The Bertz CT molecular complexity index is 202. The average molecular weight is 152 g/mol. The van der Waals surface area contributed by atoms with Crippen molar-refractivity contribution in [2.75, 3.05) is 0 Å². The third-order valence-electron chi connectivity index (χ3n) is 1.94. The summed E-state index contributed by atoms with van der Waals surface area (Å²) in [6.45, 7) is 3.73. The van der Waals surface area contributed by atoms with Crippen molar-refractivity contribution in [2.45, 2.75) is 26.4 Å². The minimum absolute atomic E-state index is 0.116. The van der Waals surface area contributed by atoms with Crippen LogP contribution in [0.2, 0.25) is 0 Å². The largest absolute Gasteiger partial charge is 0.449 e. The van der Waals surface area contributed by atoms with Gasteiger partial charge in [0.2, 0.25) is 0 Å². The summed E-state index contributed by atoms with van der Waals surface area (Å²) in [4.78, 5) is 11.1. The predicted molar refractivity (Wildman–Crippen MR) is 41.7 cm³/mol. The fraction of sp³-hybridized carbons (Fsp3) is 0.667. The maximum Gasteiger partial charge on any atom is 0.310 e. The molecule has 0 saturated heterocycles. The Kier molecular flexibility index (Phi) is 2.19. The van der Waals surface area contributed by atoms with Gasteiger partial charge in [0.05, 0.1) is 5.92 Å². The van der Waals surface area contributed by atoms with Crippen molar-refractivity contribution in [1.29, 1.82) is 0 Å². The van der Waals surface area contributed by atoms with Gasteiger partial charge >= 0.3 is 5.97 Å². The van der Waals surface area contributed by atoms with Gasteiger partial charge in [0.25, 0.3) is 0 Å². The smallest absolute Gasteiger partial charge is 0.310 e. The van der Waals surface area contributed by atoms with Gasteiger partial charge in [-0.1, -0.05) is 12.8 Å². The highest BCUT2D eigenvalue weighted by Crippen LogP contribution is 2.38. The molecule has 0 aromatic rings. The molecule has 0 aromatic carbocycles. The fourth-order valence-electron chi connectivity index (χ4n) is 0.946. The van der Waals surface area contributed by atoms with Crippen LogP contribution in [0.1, 0.15) is 20.3 Å². The van der Waals surface area contributed by atoms with Crippen molar-refractivity contribution in [3.8, 4) is 12.3 Å². The summed E-state index contributed by atoms with van der Waals surface area (Å²) in [7, 11) is 0. The number of carbonyl (C=O) groups excluding carboxylic acids is 1. The standard InChI is InChI=1S/C9H12O2/c1-4-7(3)11-9(10)8-5-6(8)2/h1,6-8H,5H2,2-3H3/t6-,7?,8-/m0/s1. The number of terminal acetylenes is 1. The first-order valence-corrected chi connectivity index (χ1v) is 3.81. The number of ether oxygens (including phenoxy) is 1. The molecule has 0 amide bonds. The van der Waals surface area contributed by atoms with E-state index < -0.39 is 0 Å². The topological polar surface area (TPSA) is 26.3 Å². The zero-order valence-corrected chi connectivity index (χ0v) is 6.83. The Labute approximate surface area is 66.9 Å². The summed E-state index contributed by atoms with van der Waals surface area (Å²) in [6, 6.07) is 0. The molecule has 60 valence electrons. The van der Waals surface area contributed by atoms with E-state index in [9.17, 15) is 4.79 Å². The van der Waals surface area contributed by atoms with Crippen LogP contribution in [0.25, 0.3) is 0 Å². The maximum absolute atomic E-state index is 11.1. The molecule has 0 bridgehead atoms. The number of esters is 1. The number of hydrogen-bond acceptors (Lipinski definition) is 2. The van der Waals surface area contributed by atoms with Crippen molar-refractivity contribution in [3.63, 3.8) is 0 Å². The predicted octanol–water partition coefficient (Wildman–Crippen LogP) is 1.21. The lowest BCUT2D eigenvalue weighted by Crippen LogP contribution is -2.14. The molecule has 0 N–H and O–H groups in total. The van der Waals surface area contributed by atoms with Crippen LogP contribution >= 0.6 is 0 Å². The van der Waals surface area contributed by atoms with Crippen molar-refractivity contribution in [3.05, 3.63) is 0 Å². The third-order valence-corrected chi connectivity index (χ3v) is 1.94. The highest BCUT2D eigenvalue weighted by atomic mass is 16.5. The van der Waals surface area contributed by atoms with E-state index in [0.717, 1.165) is 6.42 Å². The van der Waals surface area contributed by atoms with Crippen molar-refractivity contribution < 1.29 is 9.53 Å². The molecule has 1 aliphatic rings. The summed E-state index contributed by atoms with van der Waals surface area (Å²) in [6.07, 6.45) is 5.62. The summed E-state index contributed by atoms with van der Waals surface area (Å²) in [5.41, 5.74) is 0. The SMILES string of the molecule is C#CC(C)OC(=O)[C@H]1C[C@@H]1C.